The molecule has 0 amide bonds. The molecule has 0 aliphatic carbocycles. The molecule has 1 aromatic carbocycles. The third kappa shape index (κ3) is 3.69. The lowest BCUT2D eigenvalue weighted by atomic mass is 10.3. The average Bonchev–Trinajstić information content (AvgIpc) is 2.88. The monoisotopic (exact) mass is 262 g/mol. The summed E-state index contributed by atoms with van der Waals surface area (Å²) in [6.45, 7) is 1.78. The molecule has 0 unspecified atom stereocenters. The summed E-state index contributed by atoms with van der Waals surface area (Å²) in [6.07, 6.45) is 2.51. The van der Waals surface area contributed by atoms with Crippen LogP contribution in [0.1, 0.15) is 5.69 Å². The molecule has 2 N–H and O–H groups in total. The van der Waals surface area contributed by atoms with Gasteiger partial charge in [-0.3, -0.25) is 0 Å². The van der Waals surface area contributed by atoms with Crippen molar-refractivity contribution in [2.75, 3.05) is 20.3 Å². The molecule has 0 spiro atoms. The van der Waals surface area contributed by atoms with Crippen LogP contribution < -0.4 is 15.2 Å². The molecule has 102 valence electrons. The number of ether oxygens (including phenoxy) is 2. The summed E-state index contributed by atoms with van der Waals surface area (Å²) in [5.41, 5.74) is 6.55. The molecule has 19 heavy (non-hydrogen) atoms. The van der Waals surface area contributed by atoms with Gasteiger partial charge in [-0.05, 0) is 30.8 Å². The Morgan fingerprint density at radius 1 is 1.21 bits per heavy atom. The van der Waals surface area contributed by atoms with Crippen molar-refractivity contribution in [2.45, 2.75) is 13.0 Å². The van der Waals surface area contributed by atoms with E-state index in [1.165, 1.54) is 0 Å². The molecule has 0 bridgehead atoms. The number of hydrogen-bond acceptors (Lipinski definition) is 5. The van der Waals surface area contributed by atoms with Crippen molar-refractivity contribution in [1.29, 1.82) is 0 Å². The first-order chi connectivity index (χ1) is 9.33. The number of aromatic nitrogens is 3. The van der Waals surface area contributed by atoms with E-state index in [2.05, 4.69) is 10.3 Å². The zero-order chi connectivity index (χ0) is 13.5. The van der Waals surface area contributed by atoms with Crippen LogP contribution in [0.2, 0.25) is 0 Å². The Balaban J connectivity index is 1.83. The second-order valence-corrected chi connectivity index (χ2v) is 4.01. The highest BCUT2D eigenvalue weighted by molar-refractivity contribution is 5.31. The van der Waals surface area contributed by atoms with Crippen LogP contribution in [-0.4, -0.2) is 35.3 Å². The molecule has 0 fully saturated rings. The summed E-state index contributed by atoms with van der Waals surface area (Å²) < 4.78 is 12.5. The third-order valence-electron chi connectivity index (χ3n) is 2.73. The highest BCUT2D eigenvalue weighted by Gasteiger charge is 2.03. The molecule has 0 saturated carbocycles. The van der Waals surface area contributed by atoms with E-state index in [4.69, 9.17) is 15.2 Å². The largest absolute Gasteiger partial charge is 0.497 e. The number of methoxy groups -OCH3 is 1. The predicted molar refractivity (Wildman–Crippen MR) is 71.3 cm³/mol. The highest BCUT2D eigenvalue weighted by Crippen LogP contribution is 2.16. The van der Waals surface area contributed by atoms with E-state index in [0.29, 0.717) is 19.7 Å². The predicted octanol–water partition coefficient (Wildman–Crippen LogP) is 0.867. The molecule has 0 aliphatic heterocycles. The fourth-order valence-corrected chi connectivity index (χ4v) is 1.73. The lowest BCUT2D eigenvalue weighted by Crippen LogP contribution is -2.14. The van der Waals surface area contributed by atoms with Crippen molar-refractivity contribution in [3.63, 3.8) is 0 Å². The Morgan fingerprint density at radius 2 is 1.95 bits per heavy atom. The van der Waals surface area contributed by atoms with Crippen LogP contribution in [0.25, 0.3) is 0 Å². The standard InChI is InChI=1S/C13H18N4O2/c1-18-12-2-4-13(5-3-12)19-9-8-17-11(6-7-14)10-15-16-17/h2-5,10H,6-9,14H2,1H3. The van der Waals surface area contributed by atoms with E-state index in [-0.39, 0.29) is 0 Å². The van der Waals surface area contributed by atoms with Gasteiger partial charge in [-0.1, -0.05) is 5.21 Å². The topological polar surface area (TPSA) is 75.2 Å². The van der Waals surface area contributed by atoms with Crippen molar-refractivity contribution < 1.29 is 9.47 Å². The molecule has 1 heterocycles. The van der Waals surface area contributed by atoms with Crippen LogP contribution >= 0.6 is 0 Å². The minimum atomic E-state index is 0.535. The van der Waals surface area contributed by atoms with Gasteiger partial charge in [0.15, 0.2) is 0 Å². The zero-order valence-electron chi connectivity index (χ0n) is 11.0. The van der Waals surface area contributed by atoms with Crippen LogP contribution in [0.15, 0.2) is 30.5 Å². The Bertz CT molecular complexity index is 496. The maximum absolute atomic E-state index is 5.64. The normalized spacial score (nSPS) is 10.4. The van der Waals surface area contributed by atoms with Gasteiger partial charge in [-0.2, -0.15) is 0 Å². The van der Waals surface area contributed by atoms with E-state index in [1.54, 1.807) is 13.3 Å². The van der Waals surface area contributed by atoms with Crippen LogP contribution in [-0.2, 0) is 13.0 Å². The SMILES string of the molecule is COc1ccc(OCCn2nncc2CCN)cc1. The molecule has 0 aliphatic rings. The number of benzene rings is 1. The van der Waals surface area contributed by atoms with E-state index in [0.717, 1.165) is 23.6 Å². The maximum Gasteiger partial charge on any atom is 0.119 e. The quantitative estimate of drug-likeness (QED) is 0.801. The number of hydrogen-bond donors (Lipinski definition) is 1. The fraction of sp³-hybridized carbons (Fsp3) is 0.385. The summed E-state index contributed by atoms with van der Waals surface area (Å²) >= 11 is 0. The van der Waals surface area contributed by atoms with Crippen molar-refractivity contribution in [2.24, 2.45) is 5.73 Å². The minimum Gasteiger partial charge on any atom is -0.497 e. The van der Waals surface area contributed by atoms with Crippen molar-refractivity contribution >= 4 is 0 Å². The van der Waals surface area contributed by atoms with Crippen molar-refractivity contribution in [3.8, 4) is 11.5 Å². The molecule has 0 atom stereocenters. The minimum absolute atomic E-state index is 0.535. The first kappa shape index (κ1) is 13.4. The lowest BCUT2D eigenvalue weighted by molar-refractivity contribution is 0.287. The molecular formula is C13H18N4O2. The molecule has 2 rings (SSSR count). The second kappa shape index (κ2) is 6.75. The van der Waals surface area contributed by atoms with Gasteiger partial charge in [0, 0.05) is 6.42 Å². The lowest BCUT2D eigenvalue weighted by Gasteiger charge is -2.08. The molecule has 6 nitrogen and oxygen atoms in total. The first-order valence-electron chi connectivity index (χ1n) is 6.18. The smallest absolute Gasteiger partial charge is 0.119 e. The van der Waals surface area contributed by atoms with E-state index in [9.17, 15) is 0 Å². The molecular weight excluding hydrogens is 244 g/mol. The van der Waals surface area contributed by atoms with Gasteiger partial charge in [0.2, 0.25) is 0 Å². The Morgan fingerprint density at radius 3 is 2.63 bits per heavy atom. The third-order valence-corrected chi connectivity index (χ3v) is 2.73. The Kier molecular flexibility index (Phi) is 4.74. The van der Waals surface area contributed by atoms with Crippen LogP contribution in [0.3, 0.4) is 0 Å². The van der Waals surface area contributed by atoms with Gasteiger partial charge < -0.3 is 15.2 Å². The van der Waals surface area contributed by atoms with Crippen LogP contribution in [0.4, 0.5) is 0 Å². The zero-order valence-corrected chi connectivity index (χ0v) is 11.0. The Labute approximate surface area is 112 Å². The van der Waals surface area contributed by atoms with Crippen molar-refractivity contribution in [1.82, 2.24) is 15.0 Å². The first-order valence-corrected chi connectivity index (χ1v) is 6.18. The second-order valence-electron chi connectivity index (χ2n) is 4.01. The highest BCUT2D eigenvalue weighted by atomic mass is 16.5. The number of nitrogens with two attached hydrogens (primary N) is 1. The molecule has 0 saturated heterocycles. The molecule has 1 aromatic heterocycles. The average molecular weight is 262 g/mol. The van der Waals surface area contributed by atoms with E-state index in [1.807, 2.05) is 28.9 Å². The summed E-state index contributed by atoms with van der Waals surface area (Å²) in [5, 5.41) is 7.88. The van der Waals surface area contributed by atoms with Gasteiger partial charge >= 0.3 is 0 Å². The fourth-order valence-electron chi connectivity index (χ4n) is 1.73. The molecule has 6 heteroatoms. The van der Waals surface area contributed by atoms with Gasteiger partial charge in [0.1, 0.15) is 18.1 Å². The van der Waals surface area contributed by atoms with Gasteiger partial charge in [-0.15, -0.1) is 5.10 Å². The molecule has 2 aromatic rings. The number of nitrogens with zero attached hydrogens (tertiary/aromatic N) is 3. The van der Waals surface area contributed by atoms with E-state index < -0.39 is 0 Å². The van der Waals surface area contributed by atoms with Gasteiger partial charge in [0.25, 0.3) is 0 Å². The maximum atomic E-state index is 5.64. The van der Waals surface area contributed by atoms with Gasteiger partial charge in [0.05, 0.1) is 25.5 Å². The van der Waals surface area contributed by atoms with Gasteiger partial charge in [-0.25, -0.2) is 4.68 Å². The van der Waals surface area contributed by atoms with Crippen LogP contribution in [0, 0.1) is 0 Å². The summed E-state index contributed by atoms with van der Waals surface area (Å²) in [6, 6.07) is 7.48. The summed E-state index contributed by atoms with van der Waals surface area (Å²) in [4.78, 5) is 0. The Hall–Kier alpha value is -2.08. The molecule has 0 radical (unpaired) electrons. The van der Waals surface area contributed by atoms with Crippen molar-refractivity contribution in [3.05, 3.63) is 36.2 Å². The van der Waals surface area contributed by atoms with Crippen LogP contribution in [0.5, 0.6) is 11.5 Å². The number of rotatable bonds is 7. The summed E-state index contributed by atoms with van der Waals surface area (Å²) in [7, 11) is 1.64. The van der Waals surface area contributed by atoms with E-state index >= 15 is 0 Å². The summed E-state index contributed by atoms with van der Waals surface area (Å²) in [5.74, 6) is 1.62.